The van der Waals surface area contributed by atoms with Crippen LogP contribution >= 0.6 is 27.7 Å². The number of hydrogen-bond acceptors (Lipinski definition) is 3. The van der Waals surface area contributed by atoms with Gasteiger partial charge in [-0.2, -0.15) is 0 Å². The van der Waals surface area contributed by atoms with Crippen LogP contribution in [0.4, 0.5) is 4.39 Å². The predicted molar refractivity (Wildman–Crippen MR) is 86.1 cm³/mol. The van der Waals surface area contributed by atoms with E-state index in [2.05, 4.69) is 27.4 Å². The number of benzene rings is 2. The fraction of sp³-hybridized carbons (Fsp3) is 0.200. The highest BCUT2D eigenvalue weighted by Gasteiger charge is 2.12. The summed E-state index contributed by atoms with van der Waals surface area (Å²) < 4.78 is 14.4. The lowest BCUT2D eigenvalue weighted by Gasteiger charge is -2.17. The quantitative estimate of drug-likeness (QED) is 0.480. The van der Waals surface area contributed by atoms with Crippen molar-refractivity contribution in [3.8, 4) is 0 Å². The second-order valence-electron chi connectivity index (χ2n) is 4.47. The molecule has 0 radical (unpaired) electrons. The number of nitrogens with two attached hydrogens (primary N) is 1. The molecule has 2 rings (SSSR count). The van der Waals surface area contributed by atoms with E-state index in [0.717, 1.165) is 20.7 Å². The second kappa shape index (κ2) is 7.22. The Morgan fingerprint density at radius 2 is 2.05 bits per heavy atom. The highest BCUT2D eigenvalue weighted by molar-refractivity contribution is 9.10. The summed E-state index contributed by atoms with van der Waals surface area (Å²) in [5.41, 5.74) is 4.42. The number of aryl methyl sites for hydroxylation is 1. The van der Waals surface area contributed by atoms with Crippen LogP contribution in [0.1, 0.15) is 17.2 Å². The van der Waals surface area contributed by atoms with Gasteiger partial charge in [-0.25, -0.2) is 4.39 Å². The number of halogens is 2. The summed E-state index contributed by atoms with van der Waals surface area (Å²) >= 11 is 5.23. The van der Waals surface area contributed by atoms with Crippen LogP contribution in [0.5, 0.6) is 0 Å². The molecular weight excluding hydrogens is 339 g/mol. The van der Waals surface area contributed by atoms with E-state index in [1.807, 2.05) is 24.3 Å². The molecule has 2 aromatic carbocycles. The lowest BCUT2D eigenvalue weighted by Crippen LogP contribution is -2.29. The number of nitrogens with one attached hydrogen (secondary N) is 1. The molecular formula is C15H16BrFN2S. The van der Waals surface area contributed by atoms with Gasteiger partial charge in [-0.3, -0.25) is 11.3 Å². The van der Waals surface area contributed by atoms with E-state index < -0.39 is 0 Å². The van der Waals surface area contributed by atoms with Crippen LogP contribution in [-0.4, -0.2) is 5.75 Å². The molecule has 2 aromatic rings. The topological polar surface area (TPSA) is 38.0 Å². The van der Waals surface area contributed by atoms with Gasteiger partial charge in [0.1, 0.15) is 5.82 Å². The van der Waals surface area contributed by atoms with Crippen LogP contribution in [-0.2, 0) is 0 Å². The second-order valence-corrected chi connectivity index (χ2v) is 6.39. The summed E-state index contributed by atoms with van der Waals surface area (Å²) in [6.45, 7) is 1.76. The molecule has 1 unspecified atom stereocenters. The zero-order valence-corrected chi connectivity index (χ0v) is 13.5. The standard InChI is InChI=1S/C15H16BrFN2S/c1-10-8-11(6-7-13(10)17)14(19-18)9-20-15-5-3-2-4-12(15)16/h2-8,14,19H,9,18H2,1H3. The molecule has 0 heterocycles. The summed E-state index contributed by atoms with van der Waals surface area (Å²) in [4.78, 5) is 1.16. The summed E-state index contributed by atoms with van der Waals surface area (Å²) in [5.74, 6) is 6.20. The smallest absolute Gasteiger partial charge is 0.126 e. The molecule has 0 spiro atoms. The van der Waals surface area contributed by atoms with Crippen molar-refractivity contribution in [3.63, 3.8) is 0 Å². The summed E-state index contributed by atoms with van der Waals surface area (Å²) in [5, 5.41) is 0. The summed E-state index contributed by atoms with van der Waals surface area (Å²) in [6, 6.07) is 13.1. The first-order valence-corrected chi connectivity index (χ1v) is 7.99. The van der Waals surface area contributed by atoms with Crippen molar-refractivity contribution in [2.24, 2.45) is 5.84 Å². The SMILES string of the molecule is Cc1cc(C(CSc2ccccc2Br)NN)ccc1F. The summed E-state index contributed by atoms with van der Waals surface area (Å²) in [7, 11) is 0. The highest BCUT2D eigenvalue weighted by Crippen LogP contribution is 2.30. The fourth-order valence-electron chi connectivity index (χ4n) is 1.86. The van der Waals surface area contributed by atoms with Crippen LogP contribution < -0.4 is 11.3 Å². The molecule has 0 aliphatic heterocycles. The normalized spacial score (nSPS) is 12.4. The number of rotatable bonds is 5. The van der Waals surface area contributed by atoms with Crippen molar-refractivity contribution in [1.82, 2.24) is 5.43 Å². The highest BCUT2D eigenvalue weighted by atomic mass is 79.9. The average Bonchev–Trinajstić information content (AvgIpc) is 2.45. The minimum absolute atomic E-state index is 0.0218. The van der Waals surface area contributed by atoms with E-state index >= 15 is 0 Å². The van der Waals surface area contributed by atoms with Crippen LogP contribution in [0, 0.1) is 12.7 Å². The summed E-state index contributed by atoms with van der Waals surface area (Å²) in [6.07, 6.45) is 0. The van der Waals surface area contributed by atoms with Gasteiger partial charge in [-0.1, -0.05) is 24.3 Å². The van der Waals surface area contributed by atoms with Crippen LogP contribution in [0.2, 0.25) is 0 Å². The van der Waals surface area contributed by atoms with E-state index in [1.54, 1.807) is 24.8 Å². The van der Waals surface area contributed by atoms with E-state index in [0.29, 0.717) is 5.56 Å². The molecule has 0 fully saturated rings. The Balaban J connectivity index is 2.09. The zero-order chi connectivity index (χ0) is 14.5. The first kappa shape index (κ1) is 15.5. The van der Waals surface area contributed by atoms with E-state index in [1.165, 1.54) is 6.07 Å². The molecule has 0 aliphatic rings. The van der Waals surface area contributed by atoms with E-state index in [9.17, 15) is 4.39 Å². The Labute approximate surface area is 131 Å². The number of hydrogen-bond donors (Lipinski definition) is 2. The maximum absolute atomic E-state index is 13.3. The van der Waals surface area contributed by atoms with E-state index in [4.69, 9.17) is 5.84 Å². The first-order valence-electron chi connectivity index (χ1n) is 6.21. The van der Waals surface area contributed by atoms with Crippen molar-refractivity contribution in [3.05, 3.63) is 63.9 Å². The molecule has 0 saturated carbocycles. The minimum atomic E-state index is -0.192. The van der Waals surface area contributed by atoms with Gasteiger partial charge in [0.25, 0.3) is 0 Å². The third-order valence-electron chi connectivity index (χ3n) is 3.03. The van der Waals surface area contributed by atoms with Gasteiger partial charge in [0.2, 0.25) is 0 Å². The molecule has 0 saturated heterocycles. The number of thioether (sulfide) groups is 1. The molecule has 0 aliphatic carbocycles. The maximum atomic E-state index is 13.3. The van der Waals surface area contributed by atoms with Gasteiger partial charge in [-0.05, 0) is 52.2 Å². The third-order valence-corrected chi connectivity index (χ3v) is 5.15. The van der Waals surface area contributed by atoms with Gasteiger partial charge in [0.15, 0.2) is 0 Å². The molecule has 0 amide bonds. The lowest BCUT2D eigenvalue weighted by atomic mass is 10.1. The molecule has 106 valence electrons. The van der Waals surface area contributed by atoms with Crippen molar-refractivity contribution in [1.29, 1.82) is 0 Å². The minimum Gasteiger partial charge on any atom is -0.271 e. The van der Waals surface area contributed by atoms with Gasteiger partial charge in [-0.15, -0.1) is 11.8 Å². The Hall–Kier alpha value is -0.880. The van der Waals surface area contributed by atoms with Crippen LogP contribution in [0.15, 0.2) is 51.8 Å². The van der Waals surface area contributed by atoms with Crippen molar-refractivity contribution < 1.29 is 4.39 Å². The van der Waals surface area contributed by atoms with Crippen LogP contribution in [0.25, 0.3) is 0 Å². The predicted octanol–water partition coefficient (Wildman–Crippen LogP) is 4.19. The molecule has 5 heteroatoms. The Bertz CT molecular complexity index is 592. The van der Waals surface area contributed by atoms with Gasteiger partial charge in [0.05, 0.1) is 6.04 Å². The van der Waals surface area contributed by atoms with E-state index in [-0.39, 0.29) is 11.9 Å². The molecule has 3 N–H and O–H groups in total. The largest absolute Gasteiger partial charge is 0.271 e. The average molecular weight is 355 g/mol. The monoisotopic (exact) mass is 354 g/mol. The van der Waals surface area contributed by atoms with Crippen molar-refractivity contribution in [2.75, 3.05) is 5.75 Å². The Morgan fingerprint density at radius 1 is 1.30 bits per heavy atom. The third kappa shape index (κ3) is 3.82. The Morgan fingerprint density at radius 3 is 2.70 bits per heavy atom. The number of hydrazine groups is 1. The zero-order valence-electron chi connectivity index (χ0n) is 11.1. The fourth-order valence-corrected chi connectivity index (χ4v) is 3.50. The van der Waals surface area contributed by atoms with Gasteiger partial charge < -0.3 is 0 Å². The Kier molecular flexibility index (Phi) is 5.60. The molecule has 2 nitrogen and oxygen atoms in total. The van der Waals surface area contributed by atoms with Crippen molar-refractivity contribution >= 4 is 27.7 Å². The lowest BCUT2D eigenvalue weighted by molar-refractivity contribution is 0.596. The van der Waals surface area contributed by atoms with Gasteiger partial charge in [0, 0.05) is 15.1 Å². The van der Waals surface area contributed by atoms with Crippen LogP contribution in [0.3, 0.4) is 0 Å². The van der Waals surface area contributed by atoms with Gasteiger partial charge >= 0.3 is 0 Å². The molecule has 0 aromatic heterocycles. The molecule has 20 heavy (non-hydrogen) atoms. The molecule has 1 atom stereocenters. The maximum Gasteiger partial charge on any atom is 0.126 e. The molecule has 0 bridgehead atoms. The van der Waals surface area contributed by atoms with Crippen molar-refractivity contribution in [2.45, 2.75) is 17.9 Å². The first-order chi connectivity index (χ1) is 9.61.